The van der Waals surface area contributed by atoms with Crippen molar-refractivity contribution in [3.05, 3.63) is 47.0 Å². The van der Waals surface area contributed by atoms with E-state index in [0.29, 0.717) is 53.2 Å². The number of anilines is 2. The molecule has 0 atom stereocenters. The summed E-state index contributed by atoms with van der Waals surface area (Å²) in [5.74, 6) is 1.30. The Bertz CT molecular complexity index is 972. The maximum absolute atomic E-state index is 12.7. The average molecular weight is 460 g/mol. The molecule has 2 amide bonds. The van der Waals surface area contributed by atoms with Crippen LogP contribution in [0.1, 0.15) is 30.6 Å². The Morgan fingerprint density at radius 1 is 1.03 bits per heavy atom. The number of piperazine rings is 1. The first kappa shape index (κ1) is 23.7. The molecule has 1 saturated heterocycles. The summed E-state index contributed by atoms with van der Waals surface area (Å²) in [6.07, 6.45) is 0.578. The van der Waals surface area contributed by atoms with Crippen LogP contribution in [0.15, 0.2) is 36.4 Å². The van der Waals surface area contributed by atoms with Crippen LogP contribution in [0.2, 0.25) is 5.02 Å². The zero-order valence-corrected chi connectivity index (χ0v) is 19.7. The SMILES string of the molecule is COc1ccc(C(=O)Nc2ccc(N3CCN(C(=O)CC(C)C)CC3)c(Cl)c2)c(OC)c1. The van der Waals surface area contributed by atoms with E-state index in [1.54, 1.807) is 31.4 Å². The molecule has 1 N–H and O–H groups in total. The van der Waals surface area contributed by atoms with Gasteiger partial charge in [-0.05, 0) is 36.2 Å². The first-order valence-electron chi connectivity index (χ1n) is 10.7. The monoisotopic (exact) mass is 459 g/mol. The second-order valence-electron chi connectivity index (χ2n) is 8.15. The van der Waals surface area contributed by atoms with Gasteiger partial charge in [-0.3, -0.25) is 9.59 Å². The maximum Gasteiger partial charge on any atom is 0.259 e. The summed E-state index contributed by atoms with van der Waals surface area (Å²) in [6.45, 7) is 6.91. The maximum atomic E-state index is 12.7. The highest BCUT2D eigenvalue weighted by atomic mass is 35.5. The van der Waals surface area contributed by atoms with Crippen molar-refractivity contribution in [2.75, 3.05) is 50.6 Å². The first-order valence-corrected chi connectivity index (χ1v) is 11.1. The van der Waals surface area contributed by atoms with Crippen molar-refractivity contribution >= 4 is 34.8 Å². The summed E-state index contributed by atoms with van der Waals surface area (Å²) in [5.41, 5.74) is 1.88. The zero-order valence-electron chi connectivity index (χ0n) is 19.0. The van der Waals surface area contributed by atoms with Gasteiger partial charge in [-0.25, -0.2) is 0 Å². The molecule has 0 radical (unpaired) electrons. The average Bonchev–Trinajstić information content (AvgIpc) is 2.78. The Labute approximate surface area is 194 Å². The van der Waals surface area contributed by atoms with Crippen LogP contribution in [-0.4, -0.2) is 57.1 Å². The highest BCUT2D eigenvalue weighted by Gasteiger charge is 2.23. The van der Waals surface area contributed by atoms with E-state index in [2.05, 4.69) is 24.1 Å². The molecule has 0 aromatic heterocycles. The van der Waals surface area contributed by atoms with Gasteiger partial charge < -0.3 is 24.6 Å². The molecular weight excluding hydrogens is 430 g/mol. The van der Waals surface area contributed by atoms with Crippen LogP contribution in [0.5, 0.6) is 11.5 Å². The van der Waals surface area contributed by atoms with Gasteiger partial charge in [0.25, 0.3) is 5.91 Å². The summed E-state index contributed by atoms with van der Waals surface area (Å²) in [7, 11) is 3.06. The molecule has 2 aromatic carbocycles. The van der Waals surface area contributed by atoms with Gasteiger partial charge in [-0.15, -0.1) is 0 Å². The molecular formula is C24H30ClN3O4. The summed E-state index contributed by atoms with van der Waals surface area (Å²) in [4.78, 5) is 29.1. The van der Waals surface area contributed by atoms with E-state index < -0.39 is 0 Å². The second kappa shape index (κ2) is 10.6. The number of benzene rings is 2. The van der Waals surface area contributed by atoms with E-state index in [1.165, 1.54) is 7.11 Å². The predicted octanol–water partition coefficient (Wildman–Crippen LogP) is 4.30. The van der Waals surface area contributed by atoms with Gasteiger partial charge in [0.05, 0.1) is 30.5 Å². The number of nitrogens with zero attached hydrogens (tertiary/aromatic N) is 2. The highest BCUT2D eigenvalue weighted by molar-refractivity contribution is 6.33. The van der Waals surface area contributed by atoms with Crippen LogP contribution in [0.25, 0.3) is 0 Å². The van der Waals surface area contributed by atoms with Crippen LogP contribution in [-0.2, 0) is 4.79 Å². The number of halogens is 1. The van der Waals surface area contributed by atoms with Gasteiger partial charge in [0, 0.05) is 44.4 Å². The molecule has 0 aliphatic carbocycles. The molecule has 7 nitrogen and oxygen atoms in total. The highest BCUT2D eigenvalue weighted by Crippen LogP contribution is 2.31. The standard InChI is InChI=1S/C24H30ClN3O4/c1-16(2)13-23(29)28-11-9-27(10-12-28)21-8-5-17(14-20(21)25)26-24(30)19-7-6-18(31-3)15-22(19)32-4/h5-8,14-16H,9-13H2,1-4H3,(H,26,30). The minimum atomic E-state index is -0.300. The third-order valence-corrected chi connectivity index (χ3v) is 5.72. The van der Waals surface area contributed by atoms with Crippen LogP contribution in [0.3, 0.4) is 0 Å². The quantitative estimate of drug-likeness (QED) is 0.668. The fourth-order valence-corrected chi connectivity index (χ4v) is 4.00. The third-order valence-electron chi connectivity index (χ3n) is 5.41. The van der Waals surface area contributed by atoms with Gasteiger partial charge in [-0.1, -0.05) is 25.4 Å². The molecule has 0 bridgehead atoms. The van der Waals surface area contributed by atoms with Crippen LogP contribution < -0.4 is 19.7 Å². The molecule has 0 unspecified atom stereocenters. The molecule has 3 rings (SSSR count). The summed E-state index contributed by atoms with van der Waals surface area (Å²) >= 11 is 6.54. The third kappa shape index (κ3) is 5.65. The molecule has 172 valence electrons. The minimum Gasteiger partial charge on any atom is -0.497 e. The molecule has 1 aliphatic rings. The lowest BCUT2D eigenvalue weighted by Crippen LogP contribution is -2.49. The molecule has 1 aliphatic heterocycles. The molecule has 8 heteroatoms. The fourth-order valence-electron chi connectivity index (χ4n) is 3.70. The van der Waals surface area contributed by atoms with E-state index in [-0.39, 0.29) is 11.8 Å². The van der Waals surface area contributed by atoms with Crippen LogP contribution in [0, 0.1) is 5.92 Å². The Balaban J connectivity index is 1.65. The predicted molar refractivity (Wildman–Crippen MR) is 127 cm³/mol. The minimum absolute atomic E-state index is 0.206. The van der Waals surface area contributed by atoms with Crippen molar-refractivity contribution in [2.45, 2.75) is 20.3 Å². The van der Waals surface area contributed by atoms with E-state index in [9.17, 15) is 9.59 Å². The smallest absolute Gasteiger partial charge is 0.259 e. The van der Waals surface area contributed by atoms with Crippen molar-refractivity contribution in [3.63, 3.8) is 0 Å². The normalized spacial score (nSPS) is 13.8. The number of hydrogen-bond acceptors (Lipinski definition) is 5. The van der Waals surface area contributed by atoms with Crippen molar-refractivity contribution in [1.82, 2.24) is 4.90 Å². The second-order valence-corrected chi connectivity index (χ2v) is 8.56. The van der Waals surface area contributed by atoms with Crippen LogP contribution in [0.4, 0.5) is 11.4 Å². The topological polar surface area (TPSA) is 71.1 Å². The molecule has 1 fully saturated rings. The summed E-state index contributed by atoms with van der Waals surface area (Å²) in [6, 6.07) is 10.5. The van der Waals surface area contributed by atoms with Gasteiger partial charge in [-0.2, -0.15) is 0 Å². The van der Waals surface area contributed by atoms with E-state index in [0.717, 1.165) is 18.8 Å². The van der Waals surface area contributed by atoms with Crippen molar-refractivity contribution < 1.29 is 19.1 Å². The van der Waals surface area contributed by atoms with Crippen molar-refractivity contribution in [2.24, 2.45) is 5.92 Å². The molecule has 1 heterocycles. The van der Waals surface area contributed by atoms with E-state index in [4.69, 9.17) is 21.1 Å². The number of carbonyl (C=O) groups excluding carboxylic acids is 2. The fraction of sp³-hybridized carbons (Fsp3) is 0.417. The lowest BCUT2D eigenvalue weighted by molar-refractivity contribution is -0.132. The largest absolute Gasteiger partial charge is 0.497 e. The van der Waals surface area contributed by atoms with Gasteiger partial charge in [0.2, 0.25) is 5.91 Å². The summed E-state index contributed by atoms with van der Waals surface area (Å²) < 4.78 is 10.5. The Morgan fingerprint density at radius 2 is 1.75 bits per heavy atom. The van der Waals surface area contributed by atoms with E-state index in [1.807, 2.05) is 17.0 Å². The Hall–Kier alpha value is -2.93. The molecule has 0 spiro atoms. The number of methoxy groups -OCH3 is 2. The van der Waals surface area contributed by atoms with E-state index >= 15 is 0 Å². The first-order chi connectivity index (χ1) is 15.3. The number of nitrogens with one attached hydrogen (secondary N) is 1. The molecule has 2 aromatic rings. The molecule has 0 saturated carbocycles. The van der Waals surface area contributed by atoms with Gasteiger partial charge in [0.15, 0.2) is 0 Å². The lowest BCUT2D eigenvalue weighted by atomic mass is 10.1. The number of carbonyl (C=O) groups is 2. The van der Waals surface area contributed by atoms with Crippen molar-refractivity contribution in [3.8, 4) is 11.5 Å². The summed E-state index contributed by atoms with van der Waals surface area (Å²) in [5, 5.41) is 3.41. The number of hydrogen-bond donors (Lipinski definition) is 1. The van der Waals surface area contributed by atoms with Gasteiger partial charge >= 0.3 is 0 Å². The number of amides is 2. The Kier molecular flexibility index (Phi) is 7.85. The lowest BCUT2D eigenvalue weighted by Gasteiger charge is -2.36. The zero-order chi connectivity index (χ0) is 23.3. The number of ether oxygens (including phenoxy) is 2. The van der Waals surface area contributed by atoms with Crippen LogP contribution >= 0.6 is 11.6 Å². The van der Waals surface area contributed by atoms with Gasteiger partial charge in [0.1, 0.15) is 11.5 Å². The Morgan fingerprint density at radius 3 is 2.34 bits per heavy atom. The molecule has 32 heavy (non-hydrogen) atoms. The number of rotatable bonds is 7. The van der Waals surface area contributed by atoms with Crippen molar-refractivity contribution in [1.29, 1.82) is 0 Å².